The van der Waals surface area contributed by atoms with E-state index in [2.05, 4.69) is 21.3 Å². The van der Waals surface area contributed by atoms with Crippen LogP contribution in [-0.2, 0) is 5.60 Å². The minimum atomic E-state index is -0.829. The molecule has 2 heterocycles. The fourth-order valence-electron chi connectivity index (χ4n) is 3.10. The number of nitrogens with zero attached hydrogens (tertiary/aromatic N) is 1. The SMILES string of the molecule is CC(O)(CN1CCCNCC1)c1c[nH]c2ccccc12. The number of rotatable bonds is 3. The van der Waals surface area contributed by atoms with Crippen LogP contribution in [0.3, 0.4) is 0 Å². The van der Waals surface area contributed by atoms with Crippen molar-refractivity contribution in [1.82, 2.24) is 15.2 Å². The maximum absolute atomic E-state index is 10.9. The highest BCUT2D eigenvalue weighted by atomic mass is 16.3. The molecule has 3 rings (SSSR count). The van der Waals surface area contributed by atoms with Crippen LogP contribution < -0.4 is 5.32 Å². The number of aromatic nitrogens is 1. The number of aromatic amines is 1. The van der Waals surface area contributed by atoms with Crippen LogP contribution in [0.5, 0.6) is 0 Å². The third kappa shape index (κ3) is 2.73. The Morgan fingerprint density at radius 2 is 2.10 bits per heavy atom. The largest absolute Gasteiger partial charge is 0.384 e. The molecule has 1 aliphatic rings. The zero-order chi connectivity index (χ0) is 14.0. The molecule has 1 fully saturated rings. The van der Waals surface area contributed by atoms with Crippen molar-refractivity contribution in [2.45, 2.75) is 18.9 Å². The van der Waals surface area contributed by atoms with Crippen LogP contribution >= 0.6 is 0 Å². The lowest BCUT2D eigenvalue weighted by atomic mass is 9.94. The normalized spacial score (nSPS) is 20.7. The molecule has 1 unspecified atom stereocenters. The molecule has 4 heteroatoms. The Bertz CT molecular complexity index is 568. The van der Waals surface area contributed by atoms with E-state index in [1.54, 1.807) is 0 Å². The summed E-state index contributed by atoms with van der Waals surface area (Å²) < 4.78 is 0. The molecule has 1 aliphatic heterocycles. The van der Waals surface area contributed by atoms with Crippen LogP contribution in [0.2, 0.25) is 0 Å². The molecule has 0 amide bonds. The Kier molecular flexibility index (Phi) is 3.78. The molecule has 0 spiro atoms. The van der Waals surface area contributed by atoms with Crippen LogP contribution in [0.25, 0.3) is 10.9 Å². The van der Waals surface area contributed by atoms with Crippen molar-refractivity contribution in [2.75, 3.05) is 32.7 Å². The number of fused-ring (bicyclic) bond motifs is 1. The van der Waals surface area contributed by atoms with Gasteiger partial charge in [-0.1, -0.05) is 18.2 Å². The van der Waals surface area contributed by atoms with Gasteiger partial charge in [-0.3, -0.25) is 4.90 Å². The van der Waals surface area contributed by atoms with Crippen LogP contribution in [0.4, 0.5) is 0 Å². The predicted molar refractivity (Wildman–Crippen MR) is 81.8 cm³/mol. The molecule has 0 radical (unpaired) electrons. The maximum atomic E-state index is 10.9. The van der Waals surface area contributed by atoms with Crippen molar-refractivity contribution < 1.29 is 5.11 Å². The number of para-hydroxylation sites is 1. The average Bonchev–Trinajstić information content (AvgIpc) is 2.72. The van der Waals surface area contributed by atoms with E-state index in [9.17, 15) is 5.11 Å². The highest BCUT2D eigenvalue weighted by Crippen LogP contribution is 2.29. The maximum Gasteiger partial charge on any atom is 0.101 e. The Labute approximate surface area is 119 Å². The number of H-pyrrole nitrogens is 1. The molecule has 1 saturated heterocycles. The van der Waals surface area contributed by atoms with Gasteiger partial charge >= 0.3 is 0 Å². The topological polar surface area (TPSA) is 51.3 Å². The molecule has 1 aromatic carbocycles. The Hall–Kier alpha value is -1.36. The molecule has 1 atom stereocenters. The van der Waals surface area contributed by atoms with Crippen LogP contribution in [0.15, 0.2) is 30.5 Å². The van der Waals surface area contributed by atoms with Crippen molar-refractivity contribution in [3.8, 4) is 0 Å². The Morgan fingerprint density at radius 1 is 1.25 bits per heavy atom. The van der Waals surface area contributed by atoms with E-state index < -0.39 is 5.60 Å². The van der Waals surface area contributed by atoms with Gasteiger partial charge in [0, 0.05) is 42.3 Å². The first kappa shape index (κ1) is 13.6. The lowest BCUT2D eigenvalue weighted by Crippen LogP contribution is -2.40. The Balaban J connectivity index is 1.83. The van der Waals surface area contributed by atoms with Gasteiger partial charge in [0.1, 0.15) is 5.60 Å². The van der Waals surface area contributed by atoms with Gasteiger partial charge in [0.2, 0.25) is 0 Å². The van der Waals surface area contributed by atoms with Crippen LogP contribution in [0.1, 0.15) is 18.9 Å². The fraction of sp³-hybridized carbons (Fsp3) is 0.500. The third-order valence-corrected chi connectivity index (χ3v) is 4.13. The van der Waals surface area contributed by atoms with Crippen molar-refractivity contribution in [1.29, 1.82) is 0 Å². The van der Waals surface area contributed by atoms with E-state index in [0.29, 0.717) is 6.54 Å². The zero-order valence-electron chi connectivity index (χ0n) is 12.0. The molecule has 3 N–H and O–H groups in total. The van der Waals surface area contributed by atoms with E-state index in [1.807, 2.05) is 31.3 Å². The van der Waals surface area contributed by atoms with Gasteiger partial charge in [0.05, 0.1) is 0 Å². The summed E-state index contributed by atoms with van der Waals surface area (Å²) in [4.78, 5) is 5.60. The number of nitrogens with one attached hydrogen (secondary N) is 2. The van der Waals surface area contributed by atoms with Crippen LogP contribution in [0, 0.1) is 0 Å². The van der Waals surface area contributed by atoms with E-state index in [0.717, 1.165) is 49.1 Å². The molecule has 1 aromatic heterocycles. The molecule has 108 valence electrons. The second kappa shape index (κ2) is 5.56. The first-order chi connectivity index (χ1) is 9.67. The number of hydrogen-bond acceptors (Lipinski definition) is 3. The second-order valence-electron chi connectivity index (χ2n) is 5.90. The molecular formula is C16H23N3O. The summed E-state index contributed by atoms with van der Waals surface area (Å²) in [6.45, 7) is 6.72. The van der Waals surface area contributed by atoms with Gasteiger partial charge in [0.25, 0.3) is 0 Å². The van der Waals surface area contributed by atoms with Gasteiger partial charge in [0.15, 0.2) is 0 Å². The number of hydrogen-bond donors (Lipinski definition) is 3. The lowest BCUT2D eigenvalue weighted by molar-refractivity contribution is 0.0190. The monoisotopic (exact) mass is 273 g/mol. The summed E-state index contributed by atoms with van der Waals surface area (Å²) in [5.41, 5.74) is 1.25. The minimum Gasteiger partial charge on any atom is -0.384 e. The van der Waals surface area contributed by atoms with Crippen molar-refractivity contribution in [3.63, 3.8) is 0 Å². The lowest BCUT2D eigenvalue weighted by Gasteiger charge is -2.30. The van der Waals surface area contributed by atoms with Crippen molar-refractivity contribution in [3.05, 3.63) is 36.0 Å². The molecule has 4 nitrogen and oxygen atoms in total. The van der Waals surface area contributed by atoms with E-state index in [1.165, 1.54) is 0 Å². The van der Waals surface area contributed by atoms with Crippen molar-refractivity contribution in [2.24, 2.45) is 0 Å². The summed E-state index contributed by atoms with van der Waals surface area (Å²) in [5, 5.41) is 15.4. The number of benzene rings is 1. The van der Waals surface area contributed by atoms with E-state index >= 15 is 0 Å². The molecule has 0 saturated carbocycles. The molecule has 2 aromatic rings. The second-order valence-corrected chi connectivity index (χ2v) is 5.90. The third-order valence-electron chi connectivity index (χ3n) is 4.13. The average molecular weight is 273 g/mol. The smallest absolute Gasteiger partial charge is 0.101 e. The first-order valence-corrected chi connectivity index (χ1v) is 7.39. The predicted octanol–water partition coefficient (Wildman–Crippen LogP) is 1.67. The summed E-state index contributed by atoms with van der Waals surface area (Å²) in [5.74, 6) is 0. The quantitative estimate of drug-likeness (QED) is 0.797. The van der Waals surface area contributed by atoms with Crippen LogP contribution in [-0.4, -0.2) is 47.7 Å². The van der Waals surface area contributed by atoms with Gasteiger partial charge in [-0.2, -0.15) is 0 Å². The molecule has 0 bridgehead atoms. The molecule has 20 heavy (non-hydrogen) atoms. The summed E-state index contributed by atoms with van der Waals surface area (Å²) >= 11 is 0. The first-order valence-electron chi connectivity index (χ1n) is 7.39. The summed E-state index contributed by atoms with van der Waals surface area (Å²) in [7, 11) is 0. The van der Waals surface area contributed by atoms with Gasteiger partial charge in [-0.05, 0) is 32.5 Å². The van der Waals surface area contributed by atoms with Gasteiger partial charge in [-0.25, -0.2) is 0 Å². The highest BCUT2D eigenvalue weighted by Gasteiger charge is 2.29. The van der Waals surface area contributed by atoms with E-state index in [-0.39, 0.29) is 0 Å². The standard InChI is InChI=1S/C16H23N3O/c1-16(20,12-19-9-4-7-17-8-10-19)14-11-18-15-6-3-2-5-13(14)15/h2-3,5-6,11,17-18,20H,4,7-10,12H2,1H3. The molecule has 0 aliphatic carbocycles. The van der Waals surface area contributed by atoms with Crippen molar-refractivity contribution >= 4 is 10.9 Å². The summed E-state index contributed by atoms with van der Waals surface area (Å²) in [6.07, 6.45) is 3.09. The number of aliphatic hydroxyl groups is 1. The minimum absolute atomic E-state index is 0.677. The molecular weight excluding hydrogens is 250 g/mol. The van der Waals surface area contributed by atoms with E-state index in [4.69, 9.17) is 0 Å². The zero-order valence-corrected chi connectivity index (χ0v) is 12.0. The number of β-amino-alcohol motifs (C(OH)–C–C–N with tert-alkyl or cyclic N) is 1. The fourth-order valence-corrected chi connectivity index (χ4v) is 3.10. The summed E-state index contributed by atoms with van der Waals surface area (Å²) in [6, 6.07) is 8.15. The highest BCUT2D eigenvalue weighted by molar-refractivity contribution is 5.83. The van der Waals surface area contributed by atoms with Gasteiger partial charge < -0.3 is 15.4 Å². The van der Waals surface area contributed by atoms with Gasteiger partial charge in [-0.15, -0.1) is 0 Å². The Morgan fingerprint density at radius 3 is 3.00 bits per heavy atom.